The van der Waals surface area contributed by atoms with Crippen molar-refractivity contribution in [2.24, 2.45) is 0 Å². The molecule has 1 unspecified atom stereocenters. The molecule has 0 aliphatic carbocycles. The summed E-state index contributed by atoms with van der Waals surface area (Å²) in [5.41, 5.74) is -1.48. The summed E-state index contributed by atoms with van der Waals surface area (Å²) in [6, 6.07) is 10.0. The number of hydrogen-bond donors (Lipinski definition) is 5. The van der Waals surface area contributed by atoms with Crippen molar-refractivity contribution in [3.63, 3.8) is 0 Å². The number of benzene rings is 1. The molecule has 14 heteroatoms. The van der Waals surface area contributed by atoms with E-state index in [9.17, 15) is 23.1 Å². The van der Waals surface area contributed by atoms with E-state index in [1.165, 1.54) is 32.2 Å². The van der Waals surface area contributed by atoms with E-state index in [1.807, 2.05) is 6.07 Å². The van der Waals surface area contributed by atoms with E-state index in [4.69, 9.17) is 4.52 Å². The van der Waals surface area contributed by atoms with Crippen molar-refractivity contribution in [3.8, 4) is 0 Å². The minimum absolute atomic E-state index is 0.00872. The molecular weight excluding hydrogens is 514 g/mol. The summed E-state index contributed by atoms with van der Waals surface area (Å²) in [7, 11) is -4.46. The zero-order chi connectivity index (χ0) is 27.3. The third-order valence-electron chi connectivity index (χ3n) is 5.89. The van der Waals surface area contributed by atoms with Crippen molar-refractivity contribution in [2.45, 2.75) is 43.7 Å². The molecule has 4 aromatic rings. The second-order valence-electron chi connectivity index (χ2n) is 8.69. The van der Waals surface area contributed by atoms with Crippen LogP contribution in [-0.4, -0.2) is 57.9 Å². The van der Waals surface area contributed by atoms with Gasteiger partial charge in [-0.25, -0.2) is 18.2 Å². The van der Waals surface area contributed by atoms with Gasteiger partial charge in [-0.1, -0.05) is 11.2 Å². The number of H-pyrrole nitrogens is 1. The number of sulfonamides is 1. The number of hydrogen-bond acceptors (Lipinski definition) is 9. The van der Waals surface area contributed by atoms with Gasteiger partial charge < -0.3 is 20.3 Å². The number of aryl methyl sites for hydroxylation is 2. The maximum Gasteiger partial charge on any atom is 0.345 e. The van der Waals surface area contributed by atoms with Crippen molar-refractivity contribution in [1.29, 1.82) is 0 Å². The first kappa shape index (κ1) is 26.8. The number of aliphatic carboxylic acids is 1. The summed E-state index contributed by atoms with van der Waals surface area (Å²) in [4.78, 5) is 29.7. The molecule has 1 atom stereocenters. The zero-order valence-corrected chi connectivity index (χ0v) is 21.5. The number of nitrogens with one attached hydrogen (secondary N) is 4. The van der Waals surface area contributed by atoms with Crippen LogP contribution in [0.2, 0.25) is 0 Å². The lowest BCUT2D eigenvalue weighted by molar-refractivity contribution is -0.145. The van der Waals surface area contributed by atoms with Crippen LogP contribution in [0.3, 0.4) is 0 Å². The van der Waals surface area contributed by atoms with E-state index < -0.39 is 27.6 Å². The number of aromatic amines is 1. The maximum absolute atomic E-state index is 13.3. The quantitative estimate of drug-likeness (QED) is 0.131. The average Bonchev–Trinajstić information content (AvgIpc) is 3.49. The molecule has 0 fully saturated rings. The van der Waals surface area contributed by atoms with E-state index in [0.717, 1.165) is 0 Å². The number of unbranched alkanes of at least 4 members (excludes halogenated alkanes) is 1. The van der Waals surface area contributed by atoms with Crippen LogP contribution in [0.1, 0.15) is 41.1 Å². The SMILES string of the molecule is Cc1noc(C)c1S(=O)(=O)NC(CCCCNc1ccccn1)(NC(=O)c1ccc2[nH]ncc2c1)C(=O)O. The predicted octanol–water partition coefficient (Wildman–Crippen LogP) is 2.33. The van der Waals surface area contributed by atoms with Gasteiger partial charge in [0.05, 0.1) is 11.7 Å². The van der Waals surface area contributed by atoms with Gasteiger partial charge in [-0.2, -0.15) is 9.82 Å². The molecule has 0 bridgehead atoms. The second kappa shape index (κ2) is 11.0. The van der Waals surface area contributed by atoms with Crippen LogP contribution in [0.15, 0.2) is 58.2 Å². The highest BCUT2D eigenvalue weighted by molar-refractivity contribution is 7.89. The number of aromatic nitrogens is 4. The van der Waals surface area contributed by atoms with E-state index in [1.54, 1.807) is 24.4 Å². The fourth-order valence-electron chi connectivity index (χ4n) is 4.03. The van der Waals surface area contributed by atoms with Crippen LogP contribution in [0.4, 0.5) is 5.82 Å². The average molecular weight is 542 g/mol. The Morgan fingerprint density at radius 2 is 1.97 bits per heavy atom. The lowest BCUT2D eigenvalue weighted by atomic mass is 10.0. The van der Waals surface area contributed by atoms with E-state index in [0.29, 0.717) is 29.7 Å². The lowest BCUT2D eigenvalue weighted by Gasteiger charge is -2.31. The third kappa shape index (κ3) is 5.81. The number of rotatable bonds is 12. The first-order chi connectivity index (χ1) is 18.1. The molecule has 3 aromatic heterocycles. The largest absolute Gasteiger partial charge is 0.478 e. The van der Waals surface area contributed by atoms with Crippen LogP contribution in [0.25, 0.3) is 10.9 Å². The molecule has 200 valence electrons. The molecule has 1 aromatic carbocycles. The predicted molar refractivity (Wildman–Crippen MR) is 137 cm³/mol. The molecule has 0 saturated heterocycles. The molecule has 38 heavy (non-hydrogen) atoms. The number of amides is 1. The Labute approximate surface area is 218 Å². The normalized spacial score (nSPS) is 13.2. The van der Waals surface area contributed by atoms with E-state index >= 15 is 0 Å². The van der Waals surface area contributed by atoms with Crippen LogP contribution in [-0.2, 0) is 14.8 Å². The minimum atomic E-state index is -4.46. The Kier molecular flexibility index (Phi) is 7.73. The van der Waals surface area contributed by atoms with Crippen molar-refractivity contribution in [3.05, 3.63) is 65.8 Å². The highest BCUT2D eigenvalue weighted by Crippen LogP contribution is 2.23. The third-order valence-corrected chi connectivity index (χ3v) is 7.63. The standard InChI is InChI=1S/C24H27N7O6S/c1-15-21(16(2)37-30-15)38(35,36)31-24(23(33)34,10-4-6-12-26-20-7-3-5-11-25-20)28-22(32)17-8-9-19-18(13-17)14-27-29-19/h3,5,7-9,11,13-14,31H,4,6,10,12H2,1-2H3,(H,25,26)(H,27,29)(H,28,32)(H,33,34). The summed E-state index contributed by atoms with van der Waals surface area (Å²) < 4.78 is 33.8. The van der Waals surface area contributed by atoms with Crippen LogP contribution in [0, 0.1) is 13.8 Å². The first-order valence-electron chi connectivity index (χ1n) is 11.7. The van der Waals surface area contributed by atoms with Crippen LogP contribution < -0.4 is 15.4 Å². The van der Waals surface area contributed by atoms with E-state index in [-0.39, 0.29) is 34.8 Å². The first-order valence-corrected chi connectivity index (χ1v) is 13.2. The summed E-state index contributed by atoms with van der Waals surface area (Å²) in [6.07, 6.45) is 3.63. The molecule has 0 saturated carbocycles. The van der Waals surface area contributed by atoms with Gasteiger partial charge >= 0.3 is 5.97 Å². The highest BCUT2D eigenvalue weighted by Gasteiger charge is 2.45. The minimum Gasteiger partial charge on any atom is -0.478 e. The molecule has 0 aliphatic heterocycles. The number of anilines is 1. The number of carbonyl (C=O) groups is 2. The summed E-state index contributed by atoms with van der Waals surface area (Å²) in [5, 5.41) is 26.8. The smallest absolute Gasteiger partial charge is 0.345 e. The lowest BCUT2D eigenvalue weighted by Crippen LogP contribution is -2.65. The van der Waals surface area contributed by atoms with Gasteiger partial charge in [0, 0.05) is 23.7 Å². The summed E-state index contributed by atoms with van der Waals surface area (Å²) in [5.74, 6) is -1.70. The molecule has 0 radical (unpaired) electrons. The number of carbonyl (C=O) groups excluding carboxylic acids is 1. The monoisotopic (exact) mass is 541 g/mol. The molecular formula is C24H27N7O6S. The highest BCUT2D eigenvalue weighted by atomic mass is 32.2. The fraction of sp³-hybridized carbons (Fsp3) is 0.292. The second-order valence-corrected chi connectivity index (χ2v) is 10.3. The van der Waals surface area contributed by atoms with Gasteiger partial charge in [0.25, 0.3) is 5.91 Å². The van der Waals surface area contributed by atoms with Gasteiger partial charge in [-0.05, 0) is 63.4 Å². The number of carboxylic acids is 1. The zero-order valence-electron chi connectivity index (χ0n) is 20.7. The Morgan fingerprint density at radius 1 is 1.16 bits per heavy atom. The molecule has 0 spiro atoms. The Balaban J connectivity index is 1.59. The summed E-state index contributed by atoms with van der Waals surface area (Å²) in [6.45, 7) is 3.28. The van der Waals surface area contributed by atoms with E-state index in [2.05, 4.69) is 35.7 Å². The Morgan fingerprint density at radius 3 is 2.66 bits per heavy atom. The molecule has 0 aliphatic rings. The molecule has 4 rings (SSSR count). The van der Waals surface area contributed by atoms with Crippen LogP contribution in [0.5, 0.6) is 0 Å². The van der Waals surface area contributed by atoms with Gasteiger partial charge in [-0.3, -0.25) is 9.89 Å². The summed E-state index contributed by atoms with van der Waals surface area (Å²) >= 11 is 0. The number of fused-ring (bicyclic) bond motifs is 1. The number of pyridine rings is 1. The number of carboxylic acid groups (broad SMARTS) is 1. The van der Waals surface area contributed by atoms with Crippen molar-refractivity contribution in [2.75, 3.05) is 11.9 Å². The Hall–Kier alpha value is -4.30. The van der Waals surface area contributed by atoms with Gasteiger partial charge in [0.15, 0.2) is 5.76 Å². The molecule has 13 nitrogen and oxygen atoms in total. The molecule has 1 amide bonds. The molecule has 5 N–H and O–H groups in total. The van der Waals surface area contributed by atoms with Crippen molar-refractivity contribution < 1.29 is 27.6 Å². The van der Waals surface area contributed by atoms with Crippen molar-refractivity contribution >= 4 is 38.6 Å². The molecule has 3 heterocycles. The number of nitrogens with zero attached hydrogens (tertiary/aromatic N) is 3. The Bertz CT molecular complexity index is 1530. The van der Waals surface area contributed by atoms with Gasteiger partial charge in [0.2, 0.25) is 15.7 Å². The van der Waals surface area contributed by atoms with Gasteiger partial charge in [0.1, 0.15) is 16.4 Å². The van der Waals surface area contributed by atoms with Gasteiger partial charge in [-0.15, -0.1) is 0 Å². The topological polar surface area (TPSA) is 192 Å². The van der Waals surface area contributed by atoms with Crippen LogP contribution >= 0.6 is 0 Å². The maximum atomic E-state index is 13.3. The fourth-order valence-corrected chi connectivity index (χ4v) is 5.67. The van der Waals surface area contributed by atoms with Crippen molar-refractivity contribution in [1.82, 2.24) is 30.4 Å².